The van der Waals surface area contributed by atoms with Gasteiger partial charge >= 0.3 is 0 Å². The van der Waals surface area contributed by atoms with Gasteiger partial charge in [0.2, 0.25) is 5.69 Å². The number of fused-ring (bicyclic) bond motifs is 1. The lowest BCUT2D eigenvalue weighted by atomic mass is 9.87. The molecule has 0 radical (unpaired) electrons. The van der Waals surface area contributed by atoms with Gasteiger partial charge in [-0.3, -0.25) is 14.5 Å². The van der Waals surface area contributed by atoms with E-state index in [0.717, 1.165) is 40.1 Å². The highest BCUT2D eigenvalue weighted by atomic mass is 16.5. The molecule has 5 rings (SSSR count). The molecule has 9 heteroatoms. The summed E-state index contributed by atoms with van der Waals surface area (Å²) in [5.74, 6) is 0.468. The third-order valence-corrected chi connectivity index (χ3v) is 7.02. The summed E-state index contributed by atoms with van der Waals surface area (Å²) in [7, 11) is 1.92. The molecule has 0 fully saturated rings. The Morgan fingerprint density at radius 3 is 2.58 bits per heavy atom. The number of rotatable bonds is 7. The highest BCUT2D eigenvalue weighted by Gasteiger charge is 2.32. The van der Waals surface area contributed by atoms with Gasteiger partial charge in [0.15, 0.2) is 0 Å². The van der Waals surface area contributed by atoms with Crippen molar-refractivity contribution in [1.82, 2.24) is 29.2 Å². The molecule has 4 aromatic rings. The van der Waals surface area contributed by atoms with Crippen LogP contribution in [0.15, 0.2) is 43.1 Å². The molecule has 1 aliphatic rings. The van der Waals surface area contributed by atoms with Crippen LogP contribution in [-0.4, -0.2) is 48.3 Å². The minimum atomic E-state index is -0.279. The van der Waals surface area contributed by atoms with Crippen LogP contribution >= 0.6 is 0 Å². The van der Waals surface area contributed by atoms with Gasteiger partial charge in [0.1, 0.15) is 5.75 Å². The molecule has 1 amide bonds. The van der Waals surface area contributed by atoms with Crippen LogP contribution in [0.1, 0.15) is 58.5 Å². The minimum Gasteiger partial charge on any atom is -0.505 e. The molecular formula is C29H31N7O2. The zero-order chi connectivity index (χ0) is 27.0. The lowest BCUT2D eigenvalue weighted by molar-refractivity contribution is 0.0669. The van der Waals surface area contributed by atoms with Gasteiger partial charge in [0, 0.05) is 49.9 Å². The number of ether oxygens (including phenoxy) is 1. The topological polar surface area (TPSA) is 82.4 Å². The number of nitrogens with zero attached hydrogens (tertiary/aromatic N) is 7. The summed E-state index contributed by atoms with van der Waals surface area (Å²) >= 11 is 0. The van der Waals surface area contributed by atoms with Crippen LogP contribution in [0.3, 0.4) is 0 Å². The molecule has 1 aliphatic heterocycles. The van der Waals surface area contributed by atoms with E-state index in [-0.39, 0.29) is 11.9 Å². The molecule has 38 heavy (non-hydrogen) atoms. The highest BCUT2D eigenvalue weighted by molar-refractivity contribution is 5.99. The molecule has 194 valence electrons. The van der Waals surface area contributed by atoms with E-state index in [0.29, 0.717) is 42.4 Å². The normalized spacial score (nSPS) is 13.8. The van der Waals surface area contributed by atoms with Crippen molar-refractivity contribution in [3.8, 4) is 16.9 Å². The first-order valence-electron chi connectivity index (χ1n) is 12.7. The summed E-state index contributed by atoms with van der Waals surface area (Å²) in [5.41, 5.74) is 7.83. The standard InChI is InChI=1S/C29H31N7O2/c1-7-38-28-12-26(31-13-27(28)30-5)20(4)36-9-8-22-23(25-16-34(6)33-19(25)3)10-21(11-24(22)29(36)37)15-35-14-18(2)32-17-35/h10-14,16-17,20H,7-9,15H2,1-4,6H3/t20-/m0/s1. The summed E-state index contributed by atoms with van der Waals surface area (Å²) in [6.07, 6.45) is 8.08. The maximum Gasteiger partial charge on any atom is 0.254 e. The van der Waals surface area contributed by atoms with E-state index in [1.54, 1.807) is 6.07 Å². The third kappa shape index (κ3) is 4.65. The lowest BCUT2D eigenvalue weighted by Gasteiger charge is -2.34. The smallest absolute Gasteiger partial charge is 0.254 e. The SMILES string of the molecule is [C-]#[N+]c1cnc([C@H](C)N2CCc3c(cc(Cn4cnc(C)c4)cc3-c3cn(C)nc3C)C2=O)cc1OCC. The number of pyridine rings is 1. The van der Waals surface area contributed by atoms with Crippen molar-refractivity contribution in [3.63, 3.8) is 0 Å². The molecule has 0 spiro atoms. The van der Waals surface area contributed by atoms with Crippen molar-refractivity contribution in [1.29, 1.82) is 0 Å². The fraction of sp³-hybridized carbons (Fsp3) is 0.345. The Kier molecular flexibility index (Phi) is 6.72. The van der Waals surface area contributed by atoms with E-state index in [9.17, 15) is 4.79 Å². The second-order valence-electron chi connectivity index (χ2n) is 9.70. The Morgan fingerprint density at radius 2 is 1.92 bits per heavy atom. The first-order valence-corrected chi connectivity index (χ1v) is 12.7. The van der Waals surface area contributed by atoms with E-state index >= 15 is 0 Å². The maximum absolute atomic E-state index is 14.0. The van der Waals surface area contributed by atoms with E-state index in [4.69, 9.17) is 11.3 Å². The molecule has 0 saturated carbocycles. The number of carbonyl (C=O) groups is 1. The van der Waals surface area contributed by atoms with Gasteiger partial charge in [-0.05, 0) is 69.0 Å². The van der Waals surface area contributed by atoms with Crippen molar-refractivity contribution in [3.05, 3.63) is 88.3 Å². The monoisotopic (exact) mass is 509 g/mol. The second kappa shape index (κ2) is 10.1. The fourth-order valence-electron chi connectivity index (χ4n) is 5.20. The summed E-state index contributed by atoms with van der Waals surface area (Å²) < 4.78 is 9.51. The van der Waals surface area contributed by atoms with Crippen molar-refractivity contribution in [2.45, 2.75) is 46.7 Å². The number of aromatic nitrogens is 5. The maximum atomic E-state index is 14.0. The lowest BCUT2D eigenvalue weighted by Crippen LogP contribution is -2.40. The molecule has 4 heterocycles. The molecule has 0 N–H and O–H groups in total. The summed E-state index contributed by atoms with van der Waals surface area (Å²) in [6.45, 7) is 16.8. The van der Waals surface area contributed by atoms with Crippen molar-refractivity contribution in [2.24, 2.45) is 7.05 Å². The van der Waals surface area contributed by atoms with E-state index in [2.05, 4.69) is 26.0 Å². The Bertz CT molecular complexity index is 1560. The molecule has 0 bridgehead atoms. The van der Waals surface area contributed by atoms with E-state index in [1.165, 1.54) is 6.20 Å². The van der Waals surface area contributed by atoms with E-state index in [1.807, 2.05) is 73.7 Å². The number of benzene rings is 1. The van der Waals surface area contributed by atoms with Crippen molar-refractivity contribution < 1.29 is 9.53 Å². The number of imidazole rings is 1. The molecule has 3 aromatic heterocycles. The summed E-state index contributed by atoms with van der Waals surface area (Å²) in [4.78, 5) is 28.3. The Morgan fingerprint density at radius 1 is 1.13 bits per heavy atom. The molecule has 9 nitrogen and oxygen atoms in total. The third-order valence-electron chi connectivity index (χ3n) is 7.02. The van der Waals surface area contributed by atoms with Gasteiger partial charge in [-0.1, -0.05) is 0 Å². The van der Waals surface area contributed by atoms with Gasteiger partial charge in [0.25, 0.3) is 5.91 Å². The Balaban J connectivity index is 1.55. The van der Waals surface area contributed by atoms with Crippen LogP contribution < -0.4 is 4.74 Å². The zero-order valence-electron chi connectivity index (χ0n) is 22.4. The number of hydrogen-bond donors (Lipinski definition) is 0. The Hall–Kier alpha value is -4.45. The highest BCUT2D eigenvalue weighted by Crippen LogP contribution is 2.37. The predicted molar refractivity (Wildman–Crippen MR) is 144 cm³/mol. The van der Waals surface area contributed by atoms with Gasteiger partial charge in [-0.2, -0.15) is 5.10 Å². The van der Waals surface area contributed by atoms with Crippen LogP contribution in [0, 0.1) is 20.4 Å². The molecule has 0 aliphatic carbocycles. The molecule has 1 atom stereocenters. The van der Waals surface area contributed by atoms with Crippen LogP contribution in [0.2, 0.25) is 0 Å². The van der Waals surface area contributed by atoms with E-state index < -0.39 is 0 Å². The quantitative estimate of drug-likeness (QED) is 0.326. The van der Waals surface area contributed by atoms with Gasteiger partial charge in [-0.25, -0.2) is 9.83 Å². The second-order valence-corrected chi connectivity index (χ2v) is 9.70. The van der Waals surface area contributed by atoms with Gasteiger partial charge in [0.05, 0.1) is 42.6 Å². The summed E-state index contributed by atoms with van der Waals surface area (Å²) in [5, 5.41) is 4.56. The number of hydrogen-bond acceptors (Lipinski definition) is 5. The fourth-order valence-corrected chi connectivity index (χ4v) is 5.20. The molecule has 1 aromatic carbocycles. The van der Waals surface area contributed by atoms with Crippen LogP contribution in [0.25, 0.3) is 16.0 Å². The largest absolute Gasteiger partial charge is 0.505 e. The van der Waals surface area contributed by atoms with Gasteiger partial charge < -0.3 is 14.2 Å². The average molecular weight is 510 g/mol. The molecule has 0 saturated heterocycles. The predicted octanol–water partition coefficient (Wildman–Crippen LogP) is 5.05. The first kappa shape index (κ1) is 25.2. The number of carbonyl (C=O) groups excluding carboxylic acids is 1. The van der Waals surface area contributed by atoms with Crippen LogP contribution in [0.5, 0.6) is 5.75 Å². The Labute approximate surface area is 222 Å². The molecular weight excluding hydrogens is 478 g/mol. The van der Waals surface area contributed by atoms with Gasteiger partial charge in [-0.15, -0.1) is 0 Å². The van der Waals surface area contributed by atoms with Crippen LogP contribution in [-0.2, 0) is 20.0 Å². The zero-order valence-corrected chi connectivity index (χ0v) is 22.4. The average Bonchev–Trinajstić information content (AvgIpc) is 3.47. The van der Waals surface area contributed by atoms with Crippen molar-refractivity contribution >= 4 is 11.6 Å². The summed E-state index contributed by atoms with van der Waals surface area (Å²) in [6, 6.07) is 5.70. The van der Waals surface area contributed by atoms with Crippen LogP contribution in [0.4, 0.5) is 5.69 Å². The number of aryl methyl sites for hydroxylation is 3. The molecule has 0 unspecified atom stereocenters. The number of amides is 1. The van der Waals surface area contributed by atoms with Crippen molar-refractivity contribution in [2.75, 3.05) is 13.2 Å². The minimum absolute atomic E-state index is 0.0285. The first-order chi connectivity index (χ1) is 18.3.